The summed E-state index contributed by atoms with van der Waals surface area (Å²) >= 11 is 0. The van der Waals surface area contributed by atoms with Crippen LogP contribution in [0.4, 0.5) is 0 Å². The molecular weight excluding hydrogens is 412 g/mol. The summed E-state index contributed by atoms with van der Waals surface area (Å²) in [4.78, 5) is 12.5. The summed E-state index contributed by atoms with van der Waals surface area (Å²) in [5.41, 5.74) is 0.731. The van der Waals surface area contributed by atoms with Crippen LogP contribution in [-0.2, 0) is 4.79 Å². The van der Waals surface area contributed by atoms with Gasteiger partial charge in [-0.1, -0.05) is 59.1 Å². The number of carbonyl (C=O) groups is 1. The lowest BCUT2D eigenvalue weighted by molar-refractivity contribution is -0.239. The number of carboxylic acids is 1. The number of aliphatic carboxylic acids is 1. The van der Waals surface area contributed by atoms with E-state index in [-0.39, 0.29) is 22.2 Å². The van der Waals surface area contributed by atoms with Crippen molar-refractivity contribution < 1.29 is 20.1 Å². The zero-order valence-electron chi connectivity index (χ0n) is 21.7. The van der Waals surface area contributed by atoms with Crippen molar-refractivity contribution in [3.05, 3.63) is 11.6 Å². The molecule has 186 valence electrons. The van der Waals surface area contributed by atoms with Gasteiger partial charge in [-0.05, 0) is 97.2 Å². The van der Waals surface area contributed by atoms with E-state index in [1.165, 1.54) is 32.1 Å². The fourth-order valence-electron chi connectivity index (χ4n) is 10.9. The number of carboxylic acid groups (broad SMARTS) is 1. The van der Waals surface area contributed by atoms with Crippen LogP contribution in [0.1, 0.15) is 99.3 Å². The van der Waals surface area contributed by atoms with E-state index in [1.807, 2.05) is 0 Å². The molecule has 0 radical (unpaired) electrons. The monoisotopic (exact) mass is 458 g/mol. The fraction of sp³-hybridized carbons (Fsp3) is 0.897. The van der Waals surface area contributed by atoms with Crippen molar-refractivity contribution in [3.8, 4) is 0 Å². The Balaban J connectivity index is 1.61. The van der Waals surface area contributed by atoms with E-state index in [2.05, 4.69) is 40.7 Å². The van der Waals surface area contributed by atoms with E-state index in [4.69, 9.17) is 0 Å². The number of aliphatic hydroxyl groups is 2. The second-order valence-electron chi connectivity index (χ2n) is 14.1. The molecule has 5 aliphatic rings. The van der Waals surface area contributed by atoms with Crippen molar-refractivity contribution in [2.75, 3.05) is 0 Å². The maximum Gasteiger partial charge on any atom is 0.312 e. The number of rotatable bonds is 1. The lowest BCUT2D eigenvalue weighted by Gasteiger charge is -2.71. The number of allylic oxidation sites excluding steroid dienone is 2. The van der Waals surface area contributed by atoms with Crippen molar-refractivity contribution >= 4 is 5.97 Å². The molecule has 5 rings (SSSR count). The van der Waals surface area contributed by atoms with Crippen LogP contribution in [0.5, 0.6) is 0 Å². The Morgan fingerprint density at radius 2 is 1.67 bits per heavy atom. The second kappa shape index (κ2) is 7.09. The second-order valence-corrected chi connectivity index (χ2v) is 14.1. The molecule has 0 heterocycles. The van der Waals surface area contributed by atoms with Crippen LogP contribution in [0.2, 0.25) is 0 Å². The van der Waals surface area contributed by atoms with Crippen molar-refractivity contribution in [3.63, 3.8) is 0 Å². The van der Waals surface area contributed by atoms with E-state index < -0.39 is 23.6 Å². The third kappa shape index (κ3) is 2.74. The van der Waals surface area contributed by atoms with Crippen LogP contribution in [0.15, 0.2) is 11.6 Å². The number of fused-ring (bicyclic) bond motifs is 7. The van der Waals surface area contributed by atoms with E-state index in [9.17, 15) is 20.1 Å². The predicted octanol–water partition coefficient (Wildman–Crippen LogP) is 5.81. The molecule has 3 N–H and O–H groups in total. The lowest BCUT2D eigenvalue weighted by atomic mass is 9.33. The van der Waals surface area contributed by atoms with Crippen molar-refractivity contribution in [2.45, 2.75) is 112 Å². The largest absolute Gasteiger partial charge is 0.481 e. The van der Waals surface area contributed by atoms with Gasteiger partial charge in [0.2, 0.25) is 0 Å². The Kier molecular flexibility index (Phi) is 5.13. The van der Waals surface area contributed by atoms with Crippen LogP contribution >= 0.6 is 0 Å². The molecule has 0 amide bonds. The van der Waals surface area contributed by atoms with Gasteiger partial charge < -0.3 is 15.3 Å². The van der Waals surface area contributed by atoms with E-state index in [1.54, 1.807) is 12.5 Å². The first-order valence-corrected chi connectivity index (χ1v) is 13.6. The van der Waals surface area contributed by atoms with E-state index in [0.29, 0.717) is 23.7 Å². The summed E-state index contributed by atoms with van der Waals surface area (Å²) in [5.74, 6) is 0.623. The molecule has 3 unspecified atom stereocenters. The van der Waals surface area contributed by atoms with Gasteiger partial charge >= 0.3 is 5.97 Å². The molecular formula is C29H46O4. The highest BCUT2D eigenvalue weighted by atomic mass is 16.4. The smallest absolute Gasteiger partial charge is 0.312 e. The maximum absolute atomic E-state index is 12.5. The minimum atomic E-state index is -1.30. The van der Waals surface area contributed by atoms with Crippen LogP contribution in [-0.4, -0.2) is 33.5 Å². The standard InChI is InChI=1S/C29H46O4/c1-17-8-7-12-25(2)14-15-27(4)18(22(17)25)9-10-20-26(3)16-19(30)23(31)29(6,24(32)33)21(26)11-13-28(20,27)5/h9,17,19-23,30-31H,7-8,10-16H2,1-6H3,(H,32,33)/t17-,19+,20?,21?,22?,23+,25+,26+,27+,28+,29+/m0/s1. The molecule has 4 fully saturated rings. The van der Waals surface area contributed by atoms with Gasteiger partial charge in [-0.25, -0.2) is 0 Å². The Morgan fingerprint density at radius 1 is 0.970 bits per heavy atom. The molecule has 33 heavy (non-hydrogen) atoms. The van der Waals surface area contributed by atoms with Gasteiger partial charge in [0.15, 0.2) is 0 Å². The van der Waals surface area contributed by atoms with Crippen molar-refractivity contribution in [2.24, 2.45) is 50.7 Å². The van der Waals surface area contributed by atoms with Gasteiger partial charge in [-0.3, -0.25) is 4.79 Å². The minimum Gasteiger partial charge on any atom is -0.481 e. The molecule has 0 aromatic carbocycles. The molecule has 0 bridgehead atoms. The van der Waals surface area contributed by atoms with Gasteiger partial charge in [0.05, 0.1) is 17.6 Å². The van der Waals surface area contributed by atoms with Gasteiger partial charge in [0, 0.05) is 0 Å². The first-order chi connectivity index (χ1) is 15.3. The topological polar surface area (TPSA) is 77.8 Å². The summed E-state index contributed by atoms with van der Waals surface area (Å²) < 4.78 is 0. The molecule has 4 nitrogen and oxygen atoms in total. The number of aliphatic hydroxyl groups excluding tert-OH is 2. The summed E-state index contributed by atoms with van der Waals surface area (Å²) in [5, 5.41) is 32.0. The molecule has 4 heteroatoms. The van der Waals surface area contributed by atoms with Crippen LogP contribution < -0.4 is 0 Å². The Bertz CT molecular complexity index is 881. The first-order valence-electron chi connectivity index (χ1n) is 13.6. The van der Waals surface area contributed by atoms with Crippen molar-refractivity contribution in [1.29, 1.82) is 0 Å². The normalized spacial score (nSPS) is 58.2. The molecule has 0 aromatic heterocycles. The van der Waals surface area contributed by atoms with Crippen LogP contribution in [0, 0.1) is 50.7 Å². The molecule has 0 saturated heterocycles. The average Bonchev–Trinajstić information content (AvgIpc) is 2.72. The zero-order chi connectivity index (χ0) is 24.2. The average molecular weight is 459 g/mol. The Labute approximate surface area is 200 Å². The summed E-state index contributed by atoms with van der Waals surface area (Å²) in [6.07, 6.45) is 10.2. The predicted molar refractivity (Wildman–Crippen MR) is 129 cm³/mol. The van der Waals surface area contributed by atoms with Crippen molar-refractivity contribution in [1.82, 2.24) is 0 Å². The van der Waals surface area contributed by atoms with E-state index >= 15 is 0 Å². The molecule has 0 aliphatic heterocycles. The molecule has 4 saturated carbocycles. The minimum absolute atomic E-state index is 0.0856. The number of hydrogen-bond donors (Lipinski definition) is 3. The maximum atomic E-state index is 12.5. The number of hydrogen-bond acceptors (Lipinski definition) is 3. The Morgan fingerprint density at radius 3 is 2.33 bits per heavy atom. The molecule has 11 atom stereocenters. The fourth-order valence-corrected chi connectivity index (χ4v) is 10.9. The van der Waals surface area contributed by atoms with Gasteiger partial charge in [0.25, 0.3) is 0 Å². The highest BCUT2D eigenvalue weighted by Gasteiger charge is 2.70. The third-order valence-electron chi connectivity index (χ3n) is 12.9. The van der Waals surface area contributed by atoms with Crippen LogP contribution in [0.25, 0.3) is 0 Å². The Hall–Kier alpha value is -0.870. The van der Waals surface area contributed by atoms with Crippen LogP contribution in [0.3, 0.4) is 0 Å². The SMILES string of the molecule is C[C@H]1CCC[C@]2(C)CC[C@]3(C)C(=CCC4[C@@]5(C)C[C@@H](O)[C@@H](O)[C@](C)(C(=O)O)C5CC[C@]43C)C12. The first kappa shape index (κ1) is 23.9. The molecule has 0 aromatic rings. The zero-order valence-corrected chi connectivity index (χ0v) is 21.7. The molecule has 5 aliphatic carbocycles. The third-order valence-corrected chi connectivity index (χ3v) is 12.9. The van der Waals surface area contributed by atoms with Gasteiger partial charge in [-0.2, -0.15) is 0 Å². The summed E-state index contributed by atoms with van der Waals surface area (Å²) in [6, 6.07) is 0. The lowest BCUT2D eigenvalue weighted by Crippen LogP contribution is -2.68. The van der Waals surface area contributed by atoms with Gasteiger partial charge in [0.1, 0.15) is 0 Å². The summed E-state index contributed by atoms with van der Waals surface area (Å²) in [6.45, 7) is 14.0. The summed E-state index contributed by atoms with van der Waals surface area (Å²) in [7, 11) is 0. The molecule has 0 spiro atoms. The quantitative estimate of drug-likeness (QED) is 0.433. The highest BCUT2D eigenvalue weighted by Crippen LogP contribution is 2.75. The highest BCUT2D eigenvalue weighted by molar-refractivity contribution is 5.76. The van der Waals surface area contributed by atoms with E-state index in [0.717, 1.165) is 25.2 Å². The van der Waals surface area contributed by atoms with Gasteiger partial charge in [-0.15, -0.1) is 0 Å².